The molecule has 76 heavy (non-hydrogen) atoms. The molecule has 8 aliphatic heterocycles. The minimum absolute atomic E-state index is 0.184. The number of hydrogen-bond donors (Lipinski definition) is 2. The summed E-state index contributed by atoms with van der Waals surface area (Å²) in [4.78, 5) is 19.0. The van der Waals surface area contributed by atoms with E-state index in [9.17, 15) is 0 Å². The van der Waals surface area contributed by atoms with Gasteiger partial charge in [-0.2, -0.15) is 0 Å². The lowest BCUT2D eigenvalue weighted by Crippen LogP contribution is -2.41. The number of benzene rings is 3. The van der Waals surface area contributed by atoms with Gasteiger partial charge in [0.15, 0.2) is 0 Å². The van der Waals surface area contributed by atoms with Crippen molar-refractivity contribution in [1.82, 2.24) is 19.9 Å². The van der Waals surface area contributed by atoms with E-state index in [0.717, 1.165) is 112 Å². The molecule has 2 fully saturated rings. The lowest BCUT2D eigenvalue weighted by molar-refractivity contribution is 0.00578. The average molecular weight is 1020 g/mol. The molecule has 12 heteroatoms. The monoisotopic (exact) mass is 1020 g/mol. The fourth-order valence-electron chi connectivity index (χ4n) is 11.0. The Kier molecular flexibility index (Phi) is 12.1. The van der Waals surface area contributed by atoms with Crippen LogP contribution in [0.15, 0.2) is 72.8 Å². The molecule has 0 atom stereocenters. The van der Waals surface area contributed by atoms with E-state index in [0.29, 0.717) is 13.2 Å². The second-order valence-corrected chi connectivity index (χ2v) is 25.8. The van der Waals surface area contributed by atoms with Crippen LogP contribution in [0, 0.1) is 27.7 Å². The van der Waals surface area contributed by atoms with Crippen LogP contribution in [0.1, 0.15) is 164 Å². The van der Waals surface area contributed by atoms with Gasteiger partial charge < -0.3 is 38.1 Å². The Morgan fingerprint density at radius 2 is 0.803 bits per heavy atom. The van der Waals surface area contributed by atoms with E-state index in [1.807, 2.05) is 0 Å². The predicted molar refractivity (Wildman–Crippen MR) is 311 cm³/mol. The van der Waals surface area contributed by atoms with E-state index < -0.39 is 36.6 Å². The molecular weight excluding hydrogens is 942 g/mol. The van der Waals surface area contributed by atoms with Crippen LogP contribution in [-0.2, 0) is 42.7 Å². The maximum absolute atomic E-state index is 7.19. The summed E-state index contributed by atoms with van der Waals surface area (Å²) >= 11 is 0. The summed E-state index contributed by atoms with van der Waals surface area (Å²) < 4.78 is 41.9. The van der Waals surface area contributed by atoms with Gasteiger partial charge in [0.2, 0.25) is 0 Å². The van der Waals surface area contributed by atoms with Gasteiger partial charge in [0, 0.05) is 55.3 Å². The number of nitrogens with one attached hydrogen (secondary N) is 2. The minimum Gasteiger partial charge on any atom is -0.488 e. The molecule has 2 N–H and O–H groups in total. The van der Waals surface area contributed by atoms with E-state index in [2.05, 4.69) is 220 Å². The first kappa shape index (κ1) is 51.9. The molecule has 0 radical (unpaired) electrons. The average Bonchev–Trinajstić information content (AvgIpc) is 4.19. The van der Waals surface area contributed by atoms with Crippen LogP contribution in [0.2, 0.25) is 0 Å². The molecule has 2 saturated heterocycles. The molecule has 12 bridgehead atoms. The molecule has 14 rings (SSSR count). The van der Waals surface area contributed by atoms with Gasteiger partial charge >= 0.3 is 14.2 Å². The first-order chi connectivity index (χ1) is 35.5. The Labute approximate surface area is 450 Å². The van der Waals surface area contributed by atoms with Crippen LogP contribution in [0.5, 0.6) is 11.5 Å². The van der Waals surface area contributed by atoms with Crippen molar-refractivity contribution in [3.05, 3.63) is 140 Å². The van der Waals surface area contributed by atoms with Gasteiger partial charge in [0.25, 0.3) is 0 Å². The summed E-state index contributed by atoms with van der Waals surface area (Å²) in [7, 11) is -1.40. The molecule has 0 saturated carbocycles. The topological polar surface area (TPSA) is 113 Å². The Bertz CT molecular complexity index is 3360. The van der Waals surface area contributed by atoms with Crippen molar-refractivity contribution in [3.63, 3.8) is 0 Å². The third-order valence-corrected chi connectivity index (χ3v) is 17.6. The molecule has 0 unspecified atom stereocenters. The second-order valence-electron chi connectivity index (χ2n) is 25.8. The molecule has 3 aromatic carbocycles. The molecule has 0 amide bonds. The van der Waals surface area contributed by atoms with Crippen LogP contribution in [-0.4, -0.2) is 56.6 Å². The third-order valence-electron chi connectivity index (χ3n) is 17.6. The second kappa shape index (κ2) is 17.7. The van der Waals surface area contributed by atoms with Crippen LogP contribution in [0.25, 0.3) is 67.4 Å². The number of rotatable bonds is 2. The molecule has 8 aliphatic rings. The summed E-state index contributed by atoms with van der Waals surface area (Å²) in [6, 6.07) is 25.9. The highest BCUT2D eigenvalue weighted by Crippen LogP contribution is 2.48. The zero-order valence-corrected chi connectivity index (χ0v) is 48.0. The number of nitrogens with zero attached hydrogens (tertiary/aromatic N) is 2. The number of aromatic nitrogens is 4. The van der Waals surface area contributed by atoms with Crippen LogP contribution < -0.4 is 9.47 Å². The first-order valence-corrected chi connectivity index (χ1v) is 27.0. The smallest absolute Gasteiger partial charge is 0.488 e. The fourth-order valence-corrected chi connectivity index (χ4v) is 11.0. The number of ether oxygens (including phenoxy) is 2. The Morgan fingerprint density at radius 3 is 1.13 bits per heavy atom. The highest BCUT2D eigenvalue weighted by Gasteiger charge is 2.54. The van der Waals surface area contributed by atoms with Crippen molar-refractivity contribution in [3.8, 4) is 33.8 Å². The quantitative estimate of drug-likeness (QED) is 0.165. The normalized spacial score (nSPS) is 18.6. The maximum Gasteiger partial charge on any atom is 0.497 e. The number of aromatic amines is 2. The van der Waals surface area contributed by atoms with Gasteiger partial charge in [-0.25, -0.2) is 9.97 Å². The van der Waals surface area contributed by atoms with E-state index in [1.165, 1.54) is 22.3 Å². The van der Waals surface area contributed by atoms with E-state index in [1.54, 1.807) is 0 Å². The molecule has 6 aromatic rings. The van der Waals surface area contributed by atoms with Gasteiger partial charge in [-0.1, -0.05) is 53.7 Å². The zero-order chi connectivity index (χ0) is 54.4. The minimum atomic E-state index is -0.702. The van der Waals surface area contributed by atoms with Crippen molar-refractivity contribution in [2.24, 2.45) is 0 Å². The van der Waals surface area contributed by atoms with Gasteiger partial charge in [0.05, 0.1) is 45.2 Å². The summed E-state index contributed by atoms with van der Waals surface area (Å²) in [5.41, 5.74) is 18.2. The maximum atomic E-state index is 7.19. The molecule has 0 aliphatic carbocycles. The Balaban J connectivity index is 1.31. The lowest BCUT2D eigenvalue weighted by Gasteiger charge is -2.32. The van der Waals surface area contributed by atoms with Gasteiger partial charge in [-0.3, -0.25) is 0 Å². The number of hydrogen-bond acceptors (Lipinski definition) is 8. The fraction of sp³-hybridized carbons (Fsp3) is 0.406. The van der Waals surface area contributed by atoms with Crippen molar-refractivity contribution in [1.29, 1.82) is 0 Å². The van der Waals surface area contributed by atoms with Crippen molar-refractivity contribution in [2.75, 3.05) is 0 Å². The van der Waals surface area contributed by atoms with Gasteiger partial charge in [0.1, 0.15) is 24.7 Å². The number of H-pyrrole nitrogens is 2. The van der Waals surface area contributed by atoms with Crippen molar-refractivity contribution >= 4 is 59.4 Å². The largest absolute Gasteiger partial charge is 0.497 e. The third kappa shape index (κ3) is 8.77. The first-order valence-electron chi connectivity index (χ1n) is 27.0. The summed E-state index contributed by atoms with van der Waals surface area (Å²) in [6.45, 7) is 39.8. The van der Waals surface area contributed by atoms with Crippen LogP contribution in [0.4, 0.5) is 0 Å². The summed E-state index contributed by atoms with van der Waals surface area (Å²) in [6.07, 6.45) is 4.30. The van der Waals surface area contributed by atoms with E-state index in [4.69, 9.17) is 38.1 Å². The zero-order valence-electron chi connectivity index (χ0n) is 48.0. The highest BCUT2D eigenvalue weighted by molar-refractivity contribution is 6.71. The molecule has 3 aromatic heterocycles. The standard InChI is InChI=1S/C64H74B2N4O6/c1-35-36(2)46-34-72-56-26-20-40(60(8,9)10)28-44(56)58-50-24-22-42(68-50)30-51-47(65-73-61(11,12)62(13,14)74-65)31-53(69-51)57(43-27-39(59(5,6)7)19-25-55(43)71-33-45(35)37(3)38(46)4)49-23-21-41(67-49)29-52-48(32-54(58)70-52)66-75-63(15,16)64(17,18)76-66/h19-32,67-68H,33-34H2,1-18H3. The lowest BCUT2D eigenvalue weighted by atomic mass is 9.76. The van der Waals surface area contributed by atoms with Crippen molar-refractivity contribution < 1.29 is 28.1 Å². The summed E-state index contributed by atoms with van der Waals surface area (Å²) in [5, 5.41) is 0. The van der Waals surface area contributed by atoms with E-state index in [-0.39, 0.29) is 10.8 Å². The van der Waals surface area contributed by atoms with Gasteiger partial charge in [-0.05, 0) is 211 Å². The Morgan fingerprint density at radius 1 is 0.461 bits per heavy atom. The van der Waals surface area contributed by atoms with Crippen LogP contribution >= 0.6 is 0 Å². The summed E-state index contributed by atoms with van der Waals surface area (Å²) in [5.74, 6) is 1.48. The molecule has 11 heterocycles. The molecular formula is C64H74B2N4O6. The van der Waals surface area contributed by atoms with Crippen LogP contribution in [0.3, 0.4) is 0 Å². The van der Waals surface area contributed by atoms with Crippen molar-refractivity contribution in [2.45, 2.75) is 171 Å². The Hall–Kier alpha value is -6.17. The van der Waals surface area contributed by atoms with Gasteiger partial charge in [-0.15, -0.1) is 0 Å². The molecule has 10 nitrogen and oxygen atoms in total. The molecule has 392 valence electrons. The SMILES string of the molecule is Cc1c(C)c2c(C)c(C)c1COc1ccc(C(C)(C)C)cc1-c1c3nc(cc4ccc([nH]4)c(c4nc(cc5ccc1[nH]5)C(B1OC(C)(C)C(C)(C)O1)=C4)-c1cc(C(C)(C)C)ccc1OC2)C(B1OC(C)(C)C(C)(C)O1)=C3. The molecule has 0 spiro atoms. The predicted octanol–water partition coefficient (Wildman–Crippen LogP) is 15.3. The van der Waals surface area contributed by atoms with E-state index >= 15 is 0 Å². The highest BCUT2D eigenvalue weighted by atomic mass is 16.7.